The summed E-state index contributed by atoms with van der Waals surface area (Å²) >= 11 is 5.80. The maximum absolute atomic E-state index is 11.6. The molecule has 1 amide bonds. The molecule has 0 bridgehead atoms. The first kappa shape index (κ1) is 16.5. The van der Waals surface area contributed by atoms with E-state index in [0.29, 0.717) is 18.0 Å². The van der Waals surface area contributed by atoms with Crippen LogP contribution in [0.25, 0.3) is 0 Å². The van der Waals surface area contributed by atoms with Gasteiger partial charge in [-0.3, -0.25) is 9.59 Å². The molecule has 0 radical (unpaired) electrons. The van der Waals surface area contributed by atoms with Crippen molar-refractivity contribution in [2.24, 2.45) is 5.92 Å². The average Bonchev–Trinajstić information content (AvgIpc) is 2.38. The van der Waals surface area contributed by atoms with E-state index in [1.807, 2.05) is 31.2 Å². The molecule has 5 heteroatoms. The highest BCUT2D eigenvalue weighted by Crippen LogP contribution is 2.11. The zero-order valence-electron chi connectivity index (χ0n) is 11.6. The molecule has 1 rings (SSSR count). The van der Waals surface area contributed by atoms with Gasteiger partial charge >= 0.3 is 5.97 Å². The fourth-order valence-electron chi connectivity index (χ4n) is 1.85. The lowest BCUT2D eigenvalue weighted by Gasteiger charge is -2.10. The third-order valence-electron chi connectivity index (χ3n) is 2.95. The second kappa shape index (κ2) is 8.59. The Morgan fingerprint density at radius 3 is 2.55 bits per heavy atom. The van der Waals surface area contributed by atoms with Crippen LogP contribution in [0.15, 0.2) is 24.3 Å². The van der Waals surface area contributed by atoms with Gasteiger partial charge in [-0.25, -0.2) is 0 Å². The summed E-state index contributed by atoms with van der Waals surface area (Å²) in [7, 11) is 0. The van der Waals surface area contributed by atoms with Gasteiger partial charge in [0.15, 0.2) is 0 Å². The highest BCUT2D eigenvalue weighted by molar-refractivity contribution is 6.30. The zero-order chi connectivity index (χ0) is 15.0. The summed E-state index contributed by atoms with van der Waals surface area (Å²) in [6.45, 7) is 2.22. The summed E-state index contributed by atoms with van der Waals surface area (Å²) in [5.74, 6) is -0.918. The molecule has 4 nitrogen and oxygen atoms in total. The SMILES string of the molecule is CC(CNC(=O)CCCc1ccc(Cl)cc1)CC(=O)O. The average molecular weight is 298 g/mol. The van der Waals surface area contributed by atoms with Crippen molar-refractivity contribution in [2.75, 3.05) is 6.54 Å². The summed E-state index contributed by atoms with van der Waals surface area (Å²) in [4.78, 5) is 22.1. The minimum atomic E-state index is -0.838. The van der Waals surface area contributed by atoms with Crippen LogP contribution in [0.3, 0.4) is 0 Å². The van der Waals surface area contributed by atoms with Gasteiger partial charge < -0.3 is 10.4 Å². The van der Waals surface area contributed by atoms with Gasteiger partial charge in [-0.2, -0.15) is 0 Å². The van der Waals surface area contributed by atoms with E-state index in [0.717, 1.165) is 18.4 Å². The number of aliphatic carboxylic acids is 1. The Bertz CT molecular complexity index is 445. The number of carboxylic acid groups (broad SMARTS) is 1. The van der Waals surface area contributed by atoms with Crippen molar-refractivity contribution in [1.82, 2.24) is 5.32 Å². The van der Waals surface area contributed by atoms with Crippen molar-refractivity contribution in [1.29, 1.82) is 0 Å². The maximum atomic E-state index is 11.6. The number of amides is 1. The highest BCUT2D eigenvalue weighted by Gasteiger charge is 2.09. The topological polar surface area (TPSA) is 66.4 Å². The molecule has 0 aliphatic heterocycles. The molecular weight excluding hydrogens is 278 g/mol. The fraction of sp³-hybridized carbons (Fsp3) is 0.467. The van der Waals surface area contributed by atoms with Crippen LogP contribution < -0.4 is 5.32 Å². The van der Waals surface area contributed by atoms with Crippen molar-refractivity contribution in [3.05, 3.63) is 34.9 Å². The second-order valence-corrected chi connectivity index (χ2v) is 5.42. The van der Waals surface area contributed by atoms with Crippen molar-refractivity contribution >= 4 is 23.5 Å². The van der Waals surface area contributed by atoms with Crippen molar-refractivity contribution in [2.45, 2.75) is 32.6 Å². The molecule has 0 aliphatic rings. The van der Waals surface area contributed by atoms with E-state index in [9.17, 15) is 9.59 Å². The number of hydrogen-bond acceptors (Lipinski definition) is 2. The van der Waals surface area contributed by atoms with Crippen LogP contribution in [0.1, 0.15) is 31.7 Å². The van der Waals surface area contributed by atoms with Crippen LogP contribution in [0.5, 0.6) is 0 Å². The predicted molar refractivity (Wildman–Crippen MR) is 78.8 cm³/mol. The van der Waals surface area contributed by atoms with E-state index < -0.39 is 5.97 Å². The van der Waals surface area contributed by atoms with Gasteiger partial charge in [-0.05, 0) is 36.5 Å². The van der Waals surface area contributed by atoms with Crippen LogP contribution in [-0.4, -0.2) is 23.5 Å². The number of aryl methyl sites for hydroxylation is 1. The number of carboxylic acids is 1. The van der Waals surface area contributed by atoms with E-state index >= 15 is 0 Å². The molecule has 1 aromatic rings. The van der Waals surface area contributed by atoms with E-state index in [2.05, 4.69) is 5.32 Å². The van der Waals surface area contributed by atoms with E-state index in [1.165, 1.54) is 0 Å². The largest absolute Gasteiger partial charge is 0.481 e. The van der Waals surface area contributed by atoms with Gasteiger partial charge in [0, 0.05) is 24.4 Å². The molecule has 0 spiro atoms. The summed E-state index contributed by atoms with van der Waals surface area (Å²) in [5, 5.41) is 12.1. The molecule has 0 aromatic heterocycles. The zero-order valence-corrected chi connectivity index (χ0v) is 12.3. The van der Waals surface area contributed by atoms with Crippen molar-refractivity contribution in [3.63, 3.8) is 0 Å². The molecule has 2 N–H and O–H groups in total. The Hall–Kier alpha value is -1.55. The van der Waals surface area contributed by atoms with E-state index in [-0.39, 0.29) is 18.2 Å². The molecule has 0 heterocycles. The Kier molecular flexibility index (Phi) is 7.09. The van der Waals surface area contributed by atoms with Crippen LogP contribution in [-0.2, 0) is 16.0 Å². The molecule has 0 aliphatic carbocycles. The molecule has 110 valence electrons. The van der Waals surface area contributed by atoms with Gasteiger partial charge in [-0.15, -0.1) is 0 Å². The summed E-state index contributed by atoms with van der Waals surface area (Å²) in [6.07, 6.45) is 2.11. The number of halogens is 1. The predicted octanol–water partition coefficient (Wildman–Crippen LogP) is 2.89. The Morgan fingerprint density at radius 1 is 1.30 bits per heavy atom. The number of benzene rings is 1. The van der Waals surface area contributed by atoms with Gasteiger partial charge in [0.1, 0.15) is 0 Å². The third-order valence-corrected chi connectivity index (χ3v) is 3.21. The smallest absolute Gasteiger partial charge is 0.303 e. The van der Waals surface area contributed by atoms with Crippen LogP contribution >= 0.6 is 11.6 Å². The van der Waals surface area contributed by atoms with E-state index in [4.69, 9.17) is 16.7 Å². The molecule has 0 saturated heterocycles. The fourth-order valence-corrected chi connectivity index (χ4v) is 1.98. The summed E-state index contributed by atoms with van der Waals surface area (Å²) in [5.41, 5.74) is 1.15. The molecule has 1 unspecified atom stereocenters. The van der Waals surface area contributed by atoms with Crippen LogP contribution in [0.2, 0.25) is 5.02 Å². The first-order valence-electron chi connectivity index (χ1n) is 6.70. The first-order chi connectivity index (χ1) is 9.47. The number of nitrogens with one attached hydrogen (secondary N) is 1. The first-order valence-corrected chi connectivity index (χ1v) is 7.08. The number of hydrogen-bond donors (Lipinski definition) is 2. The minimum absolute atomic E-state index is 0.0313. The molecular formula is C15H20ClNO3. The Balaban J connectivity index is 2.17. The lowest BCUT2D eigenvalue weighted by Crippen LogP contribution is -2.29. The lowest BCUT2D eigenvalue weighted by atomic mass is 10.1. The normalized spacial score (nSPS) is 11.9. The third kappa shape index (κ3) is 7.14. The highest BCUT2D eigenvalue weighted by atomic mass is 35.5. The van der Waals surface area contributed by atoms with Crippen molar-refractivity contribution in [3.8, 4) is 0 Å². The standard InChI is InChI=1S/C15H20ClNO3/c1-11(9-15(19)20)10-17-14(18)4-2-3-12-5-7-13(16)8-6-12/h5-8,11H,2-4,9-10H2,1H3,(H,17,18)(H,19,20). The molecule has 1 aromatic carbocycles. The van der Waals surface area contributed by atoms with Gasteiger partial charge in [-0.1, -0.05) is 30.7 Å². The number of carbonyl (C=O) groups excluding carboxylic acids is 1. The van der Waals surface area contributed by atoms with Gasteiger partial charge in [0.25, 0.3) is 0 Å². The van der Waals surface area contributed by atoms with Crippen molar-refractivity contribution < 1.29 is 14.7 Å². The lowest BCUT2D eigenvalue weighted by molar-refractivity contribution is -0.138. The molecule has 0 fully saturated rings. The molecule has 0 saturated carbocycles. The minimum Gasteiger partial charge on any atom is -0.481 e. The van der Waals surface area contributed by atoms with Gasteiger partial charge in [0.05, 0.1) is 0 Å². The second-order valence-electron chi connectivity index (χ2n) is 4.99. The van der Waals surface area contributed by atoms with E-state index in [1.54, 1.807) is 0 Å². The molecule has 20 heavy (non-hydrogen) atoms. The van der Waals surface area contributed by atoms with Crippen LogP contribution in [0.4, 0.5) is 0 Å². The monoisotopic (exact) mass is 297 g/mol. The quantitative estimate of drug-likeness (QED) is 0.775. The molecule has 1 atom stereocenters. The number of rotatable bonds is 8. The van der Waals surface area contributed by atoms with Gasteiger partial charge in [0.2, 0.25) is 5.91 Å². The summed E-state index contributed by atoms with van der Waals surface area (Å²) < 4.78 is 0. The van der Waals surface area contributed by atoms with Crippen LogP contribution in [0, 0.1) is 5.92 Å². The Labute approximate surface area is 124 Å². The maximum Gasteiger partial charge on any atom is 0.303 e. The Morgan fingerprint density at radius 2 is 1.95 bits per heavy atom. The summed E-state index contributed by atoms with van der Waals surface area (Å²) in [6, 6.07) is 7.58. The number of carbonyl (C=O) groups is 2.